The molecule has 0 amide bonds. The fourth-order valence-electron chi connectivity index (χ4n) is 6.36. The van der Waals surface area contributed by atoms with Crippen LogP contribution in [0.4, 0.5) is 13.2 Å². The Morgan fingerprint density at radius 3 is 2.35 bits per heavy atom. The summed E-state index contributed by atoms with van der Waals surface area (Å²) in [6.07, 6.45) is -1.17. The van der Waals surface area contributed by atoms with Crippen LogP contribution in [0.1, 0.15) is 49.4 Å². The SMILES string of the molecule is CCc1cc(OC(F)(F)F)ccc1-c1cn(CCCN)c2ccc(CN3CCN(C(C)(C)c4cccc(C)c4)CC3)cc12. The van der Waals surface area contributed by atoms with Crippen molar-refractivity contribution in [3.63, 3.8) is 0 Å². The fourth-order valence-corrected chi connectivity index (χ4v) is 6.36. The number of hydrogen-bond donors (Lipinski definition) is 1. The first-order valence-electron chi connectivity index (χ1n) is 15.2. The van der Waals surface area contributed by atoms with Crippen molar-refractivity contribution in [1.29, 1.82) is 0 Å². The van der Waals surface area contributed by atoms with E-state index in [9.17, 15) is 13.2 Å². The number of alkyl halides is 3. The van der Waals surface area contributed by atoms with Gasteiger partial charge in [-0.3, -0.25) is 9.80 Å². The molecule has 5 rings (SSSR count). The third-order valence-electron chi connectivity index (χ3n) is 8.82. The highest BCUT2D eigenvalue weighted by atomic mass is 19.4. The summed E-state index contributed by atoms with van der Waals surface area (Å²) in [5.74, 6) is -0.189. The van der Waals surface area contributed by atoms with Gasteiger partial charge >= 0.3 is 6.36 Å². The standard InChI is InChI=1S/C35H43F3N4O/c1-5-27-22-29(43-35(36,37)38)11-12-30(27)32-24-41(15-7-14-39)33-13-10-26(21-31(32)33)23-40-16-18-42(19-17-40)34(3,4)28-9-6-8-25(2)20-28/h6,8-13,20-22,24H,5,7,14-19,23,39H2,1-4H3. The maximum absolute atomic E-state index is 12.9. The van der Waals surface area contributed by atoms with Crippen LogP contribution in [0.25, 0.3) is 22.0 Å². The van der Waals surface area contributed by atoms with Crippen LogP contribution < -0.4 is 10.5 Å². The molecule has 3 aromatic carbocycles. The van der Waals surface area contributed by atoms with Crippen LogP contribution >= 0.6 is 0 Å². The number of fused-ring (bicyclic) bond motifs is 1. The minimum atomic E-state index is -4.72. The number of rotatable bonds is 10. The predicted molar refractivity (Wildman–Crippen MR) is 168 cm³/mol. The summed E-state index contributed by atoms with van der Waals surface area (Å²) in [4.78, 5) is 5.09. The third-order valence-corrected chi connectivity index (χ3v) is 8.82. The molecule has 8 heteroatoms. The van der Waals surface area contributed by atoms with E-state index in [2.05, 4.69) is 88.5 Å². The van der Waals surface area contributed by atoms with Crippen LogP contribution in [-0.2, 0) is 25.0 Å². The Morgan fingerprint density at radius 1 is 0.907 bits per heavy atom. The lowest BCUT2D eigenvalue weighted by Gasteiger charge is -2.44. The molecule has 0 spiro atoms. The van der Waals surface area contributed by atoms with Gasteiger partial charge in [-0.05, 0) is 86.7 Å². The Balaban J connectivity index is 1.39. The van der Waals surface area contributed by atoms with Crippen LogP contribution in [0.2, 0.25) is 0 Å². The summed E-state index contributed by atoms with van der Waals surface area (Å²) in [5.41, 5.74) is 13.5. The van der Waals surface area contributed by atoms with E-state index in [4.69, 9.17) is 5.73 Å². The number of ether oxygens (including phenoxy) is 1. The second kappa shape index (κ2) is 12.7. The number of nitrogens with zero attached hydrogens (tertiary/aromatic N) is 3. The van der Waals surface area contributed by atoms with Gasteiger partial charge in [0, 0.05) is 67.5 Å². The molecule has 2 heterocycles. The van der Waals surface area contributed by atoms with Gasteiger partial charge in [-0.2, -0.15) is 0 Å². The Labute approximate surface area is 253 Å². The maximum atomic E-state index is 12.9. The number of aryl methyl sites for hydroxylation is 3. The number of halogens is 3. The first kappa shape index (κ1) is 31.1. The van der Waals surface area contributed by atoms with Gasteiger partial charge in [-0.1, -0.05) is 48.9 Å². The summed E-state index contributed by atoms with van der Waals surface area (Å²) in [6.45, 7) is 14.9. The first-order valence-corrected chi connectivity index (χ1v) is 15.2. The molecule has 1 fully saturated rings. The Morgan fingerprint density at radius 2 is 1.67 bits per heavy atom. The molecule has 0 radical (unpaired) electrons. The van der Waals surface area contributed by atoms with Crippen LogP contribution in [0.5, 0.6) is 5.75 Å². The molecule has 2 N–H and O–H groups in total. The van der Waals surface area contributed by atoms with E-state index in [-0.39, 0.29) is 11.3 Å². The highest BCUT2D eigenvalue weighted by molar-refractivity contribution is 5.97. The van der Waals surface area contributed by atoms with Gasteiger partial charge in [0.25, 0.3) is 0 Å². The van der Waals surface area contributed by atoms with E-state index < -0.39 is 6.36 Å². The minimum Gasteiger partial charge on any atom is -0.406 e. The molecule has 1 aliphatic heterocycles. The molecule has 0 unspecified atom stereocenters. The van der Waals surface area contributed by atoms with Crippen molar-refractivity contribution < 1.29 is 17.9 Å². The molecular formula is C35H43F3N4O. The molecular weight excluding hydrogens is 549 g/mol. The van der Waals surface area contributed by atoms with Gasteiger partial charge < -0.3 is 15.0 Å². The van der Waals surface area contributed by atoms with Gasteiger partial charge in [0.2, 0.25) is 0 Å². The van der Waals surface area contributed by atoms with E-state index in [1.54, 1.807) is 6.07 Å². The van der Waals surface area contributed by atoms with E-state index >= 15 is 0 Å². The Bertz CT molecular complexity index is 1550. The number of hydrogen-bond acceptors (Lipinski definition) is 4. The molecule has 5 nitrogen and oxygen atoms in total. The van der Waals surface area contributed by atoms with E-state index in [0.29, 0.717) is 13.0 Å². The van der Waals surface area contributed by atoms with Crippen LogP contribution in [0, 0.1) is 6.92 Å². The van der Waals surface area contributed by atoms with Crippen molar-refractivity contribution in [1.82, 2.24) is 14.4 Å². The lowest BCUT2D eigenvalue weighted by molar-refractivity contribution is -0.274. The average molecular weight is 593 g/mol. The first-order chi connectivity index (χ1) is 20.5. The van der Waals surface area contributed by atoms with Crippen LogP contribution in [-0.4, -0.2) is 53.5 Å². The number of nitrogens with two attached hydrogens (primary N) is 1. The molecule has 0 bridgehead atoms. The molecule has 43 heavy (non-hydrogen) atoms. The summed E-state index contributed by atoms with van der Waals surface area (Å²) in [7, 11) is 0. The smallest absolute Gasteiger partial charge is 0.406 e. The molecule has 0 aliphatic carbocycles. The normalized spacial score (nSPS) is 15.3. The average Bonchev–Trinajstić information content (AvgIpc) is 3.33. The van der Waals surface area contributed by atoms with E-state index in [1.165, 1.54) is 28.8 Å². The summed E-state index contributed by atoms with van der Waals surface area (Å²) in [6, 6.07) is 20.1. The van der Waals surface area contributed by atoms with Crippen LogP contribution in [0.3, 0.4) is 0 Å². The third kappa shape index (κ3) is 7.08. The largest absolute Gasteiger partial charge is 0.573 e. The van der Waals surface area contributed by atoms with Crippen molar-refractivity contribution in [2.24, 2.45) is 5.73 Å². The predicted octanol–water partition coefficient (Wildman–Crippen LogP) is 7.48. The molecule has 4 aromatic rings. The van der Waals surface area contributed by atoms with Crippen molar-refractivity contribution in [3.05, 3.63) is 89.1 Å². The Hall–Kier alpha value is -3.33. The highest BCUT2D eigenvalue weighted by Gasteiger charge is 2.32. The highest BCUT2D eigenvalue weighted by Crippen LogP contribution is 2.37. The van der Waals surface area contributed by atoms with Crippen molar-refractivity contribution in [3.8, 4) is 16.9 Å². The quantitative estimate of drug-likeness (QED) is 0.207. The van der Waals surface area contributed by atoms with Gasteiger partial charge in [-0.15, -0.1) is 13.2 Å². The monoisotopic (exact) mass is 592 g/mol. The molecule has 0 atom stereocenters. The zero-order valence-corrected chi connectivity index (χ0v) is 25.7. The fraction of sp³-hybridized carbons (Fsp3) is 0.429. The second-order valence-corrected chi connectivity index (χ2v) is 12.1. The van der Waals surface area contributed by atoms with Gasteiger partial charge in [0.1, 0.15) is 5.75 Å². The molecule has 0 saturated carbocycles. The zero-order valence-electron chi connectivity index (χ0n) is 25.7. The number of benzene rings is 3. The van der Waals surface area contributed by atoms with Crippen molar-refractivity contribution in [2.75, 3.05) is 32.7 Å². The van der Waals surface area contributed by atoms with Gasteiger partial charge in [-0.25, -0.2) is 0 Å². The van der Waals surface area contributed by atoms with E-state index in [0.717, 1.165) is 73.3 Å². The summed E-state index contributed by atoms with van der Waals surface area (Å²) < 4.78 is 45.1. The van der Waals surface area contributed by atoms with Gasteiger partial charge in [0.15, 0.2) is 0 Å². The summed E-state index contributed by atoms with van der Waals surface area (Å²) in [5, 5.41) is 1.10. The molecule has 1 saturated heterocycles. The van der Waals surface area contributed by atoms with E-state index in [1.807, 2.05) is 6.92 Å². The zero-order chi connectivity index (χ0) is 30.8. The number of piperazine rings is 1. The Kier molecular flexibility index (Phi) is 9.20. The van der Waals surface area contributed by atoms with Gasteiger partial charge in [0.05, 0.1) is 0 Å². The molecule has 1 aromatic heterocycles. The topological polar surface area (TPSA) is 46.7 Å². The second-order valence-electron chi connectivity index (χ2n) is 12.1. The number of aromatic nitrogens is 1. The summed E-state index contributed by atoms with van der Waals surface area (Å²) >= 11 is 0. The molecule has 1 aliphatic rings. The van der Waals surface area contributed by atoms with Crippen molar-refractivity contribution in [2.45, 2.75) is 65.5 Å². The molecule has 230 valence electrons. The lowest BCUT2D eigenvalue weighted by atomic mass is 9.90. The van der Waals surface area contributed by atoms with Crippen LogP contribution in [0.15, 0.2) is 66.9 Å². The maximum Gasteiger partial charge on any atom is 0.573 e. The minimum absolute atomic E-state index is 0.0317. The van der Waals surface area contributed by atoms with Crippen molar-refractivity contribution >= 4 is 10.9 Å². The lowest BCUT2D eigenvalue weighted by Crippen LogP contribution is -2.52.